The lowest BCUT2D eigenvalue weighted by atomic mass is 10.1. The van der Waals surface area contributed by atoms with Gasteiger partial charge in [-0.1, -0.05) is 24.3 Å². The summed E-state index contributed by atoms with van der Waals surface area (Å²) < 4.78 is 29.5. The second-order valence-electron chi connectivity index (χ2n) is 7.28. The zero-order valence-electron chi connectivity index (χ0n) is 17.2. The van der Waals surface area contributed by atoms with E-state index < -0.39 is 11.6 Å². The first-order valence-corrected chi connectivity index (χ1v) is 10.1. The van der Waals surface area contributed by atoms with Gasteiger partial charge in [0.05, 0.1) is 17.8 Å². The summed E-state index contributed by atoms with van der Waals surface area (Å²) >= 11 is 0. The van der Waals surface area contributed by atoms with Gasteiger partial charge in [-0.25, -0.2) is 18.1 Å². The highest BCUT2D eigenvalue weighted by atomic mass is 19.2. The maximum atomic E-state index is 13.6. The second-order valence-corrected chi connectivity index (χ2v) is 7.28. The normalized spacial score (nSPS) is 12.1. The zero-order valence-corrected chi connectivity index (χ0v) is 17.2. The van der Waals surface area contributed by atoms with Gasteiger partial charge in [0.2, 0.25) is 5.91 Å². The number of benzene rings is 2. The molecule has 0 fully saturated rings. The molecule has 0 saturated carbocycles. The maximum absolute atomic E-state index is 13.6. The van der Waals surface area contributed by atoms with Crippen molar-refractivity contribution in [3.8, 4) is 11.3 Å². The minimum Gasteiger partial charge on any atom is -0.350 e. The van der Waals surface area contributed by atoms with Crippen LogP contribution in [0.4, 0.5) is 8.78 Å². The van der Waals surface area contributed by atoms with E-state index in [9.17, 15) is 18.4 Å². The Bertz CT molecular complexity index is 1330. The Morgan fingerprint density at radius 2 is 1.88 bits per heavy atom. The number of hydrogen-bond acceptors (Lipinski definition) is 5. The largest absolute Gasteiger partial charge is 0.350 e. The Hall–Kier alpha value is -3.95. The molecule has 1 amide bonds. The summed E-state index contributed by atoms with van der Waals surface area (Å²) in [4.78, 5) is 24.9. The molecule has 0 spiro atoms. The first-order valence-electron chi connectivity index (χ1n) is 10.1. The van der Waals surface area contributed by atoms with E-state index in [4.69, 9.17) is 0 Å². The van der Waals surface area contributed by atoms with Crippen LogP contribution in [0.25, 0.3) is 22.3 Å². The summed E-state index contributed by atoms with van der Waals surface area (Å²) in [5, 5.41) is 15.2. The Labute approximate surface area is 181 Å². The minimum atomic E-state index is -0.999. The van der Waals surface area contributed by atoms with Crippen LogP contribution in [-0.2, 0) is 17.9 Å². The van der Waals surface area contributed by atoms with Gasteiger partial charge in [-0.05, 0) is 42.8 Å². The van der Waals surface area contributed by atoms with E-state index >= 15 is 0 Å². The number of nitrogens with one attached hydrogen (secondary N) is 1. The molecule has 1 atom stereocenters. The lowest BCUT2D eigenvalue weighted by molar-refractivity contribution is -0.122. The highest BCUT2D eigenvalue weighted by molar-refractivity contribution is 5.79. The Morgan fingerprint density at radius 3 is 2.66 bits per heavy atom. The van der Waals surface area contributed by atoms with Gasteiger partial charge in [0.15, 0.2) is 11.6 Å². The van der Waals surface area contributed by atoms with E-state index in [0.717, 1.165) is 17.6 Å². The smallest absolute Gasteiger partial charge is 0.266 e. The fraction of sp³-hybridized carbons (Fsp3) is 0.227. The standard InChI is InChI=1S/C22H20F2N6O2/c1-2-15(25-21(31)13-29-20-6-4-3-5-19(20)26-28-29)12-30-22(32)10-9-18(27-30)14-7-8-16(23)17(24)11-14/h3-11,15H,2,12-13H2,1H3,(H,25,31)/t15-/m1/s1. The number of fused-ring (bicyclic) bond motifs is 1. The lowest BCUT2D eigenvalue weighted by Crippen LogP contribution is -2.41. The van der Waals surface area contributed by atoms with Gasteiger partial charge in [0.25, 0.3) is 5.56 Å². The number of carbonyl (C=O) groups is 1. The molecule has 4 aromatic rings. The van der Waals surface area contributed by atoms with Crippen LogP contribution in [0, 0.1) is 11.6 Å². The lowest BCUT2D eigenvalue weighted by Gasteiger charge is -2.18. The molecule has 10 heteroatoms. The van der Waals surface area contributed by atoms with Gasteiger partial charge in [-0.2, -0.15) is 5.10 Å². The highest BCUT2D eigenvalue weighted by Gasteiger charge is 2.16. The van der Waals surface area contributed by atoms with Crippen molar-refractivity contribution in [1.29, 1.82) is 0 Å². The van der Waals surface area contributed by atoms with E-state index in [0.29, 0.717) is 23.2 Å². The molecule has 32 heavy (non-hydrogen) atoms. The molecular formula is C22H20F2N6O2. The molecule has 0 unspecified atom stereocenters. The van der Waals surface area contributed by atoms with Crippen LogP contribution in [0.15, 0.2) is 59.4 Å². The SMILES string of the molecule is CC[C@H](Cn1nc(-c2ccc(F)c(F)c2)ccc1=O)NC(=O)Cn1nnc2ccccc21. The first-order chi connectivity index (χ1) is 15.4. The van der Waals surface area contributed by atoms with Crippen molar-refractivity contribution in [1.82, 2.24) is 30.1 Å². The van der Waals surface area contributed by atoms with E-state index in [1.807, 2.05) is 31.2 Å². The molecule has 0 aliphatic carbocycles. The molecule has 0 radical (unpaired) electrons. The van der Waals surface area contributed by atoms with Crippen molar-refractivity contribution in [3.63, 3.8) is 0 Å². The molecule has 0 bridgehead atoms. The van der Waals surface area contributed by atoms with Crippen LogP contribution in [0.2, 0.25) is 0 Å². The summed E-state index contributed by atoms with van der Waals surface area (Å²) in [7, 11) is 0. The summed E-state index contributed by atoms with van der Waals surface area (Å²) in [6.45, 7) is 1.98. The first kappa shape index (κ1) is 21.3. The fourth-order valence-corrected chi connectivity index (χ4v) is 3.32. The van der Waals surface area contributed by atoms with Gasteiger partial charge in [0, 0.05) is 17.7 Å². The van der Waals surface area contributed by atoms with Crippen molar-refractivity contribution in [3.05, 3.63) is 76.6 Å². The van der Waals surface area contributed by atoms with Gasteiger partial charge in [-0.3, -0.25) is 9.59 Å². The molecule has 8 nitrogen and oxygen atoms in total. The highest BCUT2D eigenvalue weighted by Crippen LogP contribution is 2.18. The fourth-order valence-electron chi connectivity index (χ4n) is 3.32. The molecule has 2 aromatic carbocycles. The summed E-state index contributed by atoms with van der Waals surface area (Å²) in [5.41, 5.74) is 1.72. The molecule has 2 aromatic heterocycles. The number of aromatic nitrogens is 5. The zero-order chi connectivity index (χ0) is 22.7. The molecule has 1 N–H and O–H groups in total. The Balaban J connectivity index is 1.48. The topological polar surface area (TPSA) is 94.7 Å². The average molecular weight is 438 g/mol. The molecule has 4 rings (SSSR count). The Kier molecular flexibility index (Phi) is 6.02. The minimum absolute atomic E-state index is 0.0196. The van der Waals surface area contributed by atoms with Crippen molar-refractivity contribution < 1.29 is 13.6 Å². The quantitative estimate of drug-likeness (QED) is 0.479. The number of para-hydroxylation sites is 1. The summed E-state index contributed by atoms with van der Waals surface area (Å²) in [5.74, 6) is -2.24. The third-order valence-corrected chi connectivity index (χ3v) is 5.05. The predicted molar refractivity (Wildman–Crippen MR) is 114 cm³/mol. The van der Waals surface area contributed by atoms with Crippen LogP contribution in [-0.4, -0.2) is 36.7 Å². The number of hydrogen-bond donors (Lipinski definition) is 1. The summed E-state index contributed by atoms with van der Waals surface area (Å²) in [6, 6.07) is 13.1. The van der Waals surface area contributed by atoms with Gasteiger partial charge in [0.1, 0.15) is 12.1 Å². The predicted octanol–water partition coefficient (Wildman–Crippen LogP) is 2.53. The second kappa shape index (κ2) is 9.04. The number of rotatable bonds is 7. The molecule has 2 heterocycles. The number of amides is 1. The van der Waals surface area contributed by atoms with Crippen LogP contribution < -0.4 is 10.9 Å². The van der Waals surface area contributed by atoms with Crippen molar-refractivity contribution >= 4 is 16.9 Å². The van der Waals surface area contributed by atoms with E-state index in [1.165, 1.54) is 27.6 Å². The van der Waals surface area contributed by atoms with Crippen LogP contribution >= 0.6 is 0 Å². The van der Waals surface area contributed by atoms with Crippen molar-refractivity contribution in [2.75, 3.05) is 0 Å². The van der Waals surface area contributed by atoms with Crippen molar-refractivity contribution in [2.45, 2.75) is 32.5 Å². The van der Waals surface area contributed by atoms with E-state index in [-0.39, 0.29) is 30.6 Å². The number of carbonyl (C=O) groups excluding carboxylic acids is 1. The van der Waals surface area contributed by atoms with Gasteiger partial charge < -0.3 is 5.32 Å². The maximum Gasteiger partial charge on any atom is 0.266 e. The molecule has 0 aliphatic rings. The van der Waals surface area contributed by atoms with Crippen LogP contribution in [0.3, 0.4) is 0 Å². The molecule has 0 aliphatic heterocycles. The molecule has 0 saturated heterocycles. The third-order valence-electron chi connectivity index (χ3n) is 5.05. The van der Waals surface area contributed by atoms with Gasteiger partial charge in [-0.15, -0.1) is 5.10 Å². The van der Waals surface area contributed by atoms with Gasteiger partial charge >= 0.3 is 0 Å². The van der Waals surface area contributed by atoms with Crippen molar-refractivity contribution in [2.24, 2.45) is 0 Å². The average Bonchev–Trinajstić information content (AvgIpc) is 3.19. The molecule has 164 valence electrons. The monoisotopic (exact) mass is 438 g/mol. The van der Waals surface area contributed by atoms with Crippen LogP contribution in [0.5, 0.6) is 0 Å². The summed E-state index contributed by atoms with van der Waals surface area (Å²) in [6.07, 6.45) is 0.549. The van der Waals surface area contributed by atoms with E-state index in [1.54, 1.807) is 0 Å². The van der Waals surface area contributed by atoms with E-state index in [2.05, 4.69) is 20.7 Å². The Morgan fingerprint density at radius 1 is 1.06 bits per heavy atom. The molecular weight excluding hydrogens is 418 g/mol. The number of nitrogens with zero attached hydrogens (tertiary/aromatic N) is 5. The third kappa shape index (κ3) is 4.53. The van der Waals surface area contributed by atoms with Crippen LogP contribution in [0.1, 0.15) is 13.3 Å². The number of halogens is 2.